The van der Waals surface area contributed by atoms with E-state index in [-0.39, 0.29) is 22.9 Å². The number of nitrogens with one attached hydrogen (secondary N) is 3. The molecule has 12 nitrogen and oxygen atoms in total. The van der Waals surface area contributed by atoms with Crippen molar-refractivity contribution < 1.29 is 44.7 Å². The summed E-state index contributed by atoms with van der Waals surface area (Å²) in [6.07, 6.45) is -3.92. The number of alkyl halides is 3. The molecule has 0 radical (unpaired) electrons. The van der Waals surface area contributed by atoms with Crippen molar-refractivity contribution in [1.29, 1.82) is 0 Å². The SMILES string of the molecule is O=C(O)C(F)(F)F.O=C1CC(c2ccc(C[C@H](NS(=O)(=O)c3cnc(Cl)c(Br)c3)c3nc4ccc(Cl)cc4[nH]3)cc2)S(=O)(=O)N1. The molecule has 2 atom stereocenters. The minimum absolute atomic E-state index is 0.100. The molecule has 1 unspecified atom stereocenters. The topological polar surface area (TPSA) is 188 Å². The summed E-state index contributed by atoms with van der Waals surface area (Å²) in [6.45, 7) is 0. The van der Waals surface area contributed by atoms with E-state index in [2.05, 4.69) is 35.6 Å². The maximum atomic E-state index is 13.3. The summed E-state index contributed by atoms with van der Waals surface area (Å²) in [5.41, 5.74) is 2.39. The van der Waals surface area contributed by atoms with Crippen LogP contribution in [0, 0.1) is 0 Å². The Kier molecular flexibility index (Phi) is 10.2. The lowest BCUT2D eigenvalue weighted by Crippen LogP contribution is -2.31. The number of hydrogen-bond donors (Lipinski definition) is 4. The monoisotopic (exact) mass is 771 g/mol. The van der Waals surface area contributed by atoms with Gasteiger partial charge in [-0.05, 0) is 57.7 Å². The number of nitrogens with zero attached hydrogens (tertiary/aromatic N) is 2. The number of aromatic nitrogens is 3. The van der Waals surface area contributed by atoms with Crippen molar-refractivity contribution in [2.45, 2.75) is 35.2 Å². The van der Waals surface area contributed by atoms with E-state index in [4.69, 9.17) is 33.1 Å². The van der Waals surface area contributed by atoms with Crippen LogP contribution in [0.2, 0.25) is 10.2 Å². The Morgan fingerprint density at radius 1 is 1.16 bits per heavy atom. The van der Waals surface area contributed by atoms with Gasteiger partial charge in [0.15, 0.2) is 0 Å². The fraction of sp³-hybridized carbons (Fsp3) is 0.200. The summed E-state index contributed by atoms with van der Waals surface area (Å²) in [5.74, 6) is -2.96. The van der Waals surface area contributed by atoms with E-state index in [1.165, 1.54) is 6.07 Å². The van der Waals surface area contributed by atoms with Crippen LogP contribution < -0.4 is 9.44 Å². The summed E-state index contributed by atoms with van der Waals surface area (Å²) < 4.78 is 87.7. The van der Waals surface area contributed by atoms with Gasteiger partial charge in [0.05, 0.1) is 28.0 Å². The quantitative estimate of drug-likeness (QED) is 0.191. The number of sulfonamides is 2. The molecule has 2 aromatic heterocycles. The van der Waals surface area contributed by atoms with Crippen LogP contribution in [0.1, 0.15) is 34.7 Å². The van der Waals surface area contributed by atoms with E-state index in [9.17, 15) is 34.8 Å². The van der Waals surface area contributed by atoms with Crippen molar-refractivity contribution in [2.24, 2.45) is 0 Å². The predicted octanol–water partition coefficient (Wildman–Crippen LogP) is 4.81. The second-order valence-corrected chi connectivity index (χ2v) is 14.6. The average Bonchev–Trinajstić information content (AvgIpc) is 3.48. The van der Waals surface area contributed by atoms with E-state index < -0.39 is 49.4 Å². The molecule has 3 heterocycles. The van der Waals surface area contributed by atoms with Crippen molar-refractivity contribution >= 4 is 82.1 Å². The Bertz CT molecular complexity index is 1990. The molecule has 240 valence electrons. The molecule has 5 rings (SSSR count). The second kappa shape index (κ2) is 13.2. The molecule has 0 spiro atoms. The Morgan fingerprint density at radius 2 is 1.80 bits per heavy atom. The summed E-state index contributed by atoms with van der Waals surface area (Å²) in [4.78, 5) is 32.0. The number of carboxylic acid groups (broad SMARTS) is 1. The fourth-order valence-electron chi connectivity index (χ4n) is 4.12. The summed E-state index contributed by atoms with van der Waals surface area (Å²) >= 11 is 15.2. The van der Waals surface area contributed by atoms with Crippen LogP contribution in [0.25, 0.3) is 11.0 Å². The molecule has 4 aromatic rings. The Hall–Kier alpha value is -3.29. The first-order valence-corrected chi connectivity index (χ1v) is 16.9. The molecule has 0 bridgehead atoms. The number of aliphatic carboxylic acids is 1. The number of halogens is 6. The van der Waals surface area contributed by atoms with Gasteiger partial charge in [-0.2, -0.15) is 13.2 Å². The standard InChI is InChI=1S/C23H18BrCl2N5O5S2.C2HF3O2/c24-16-9-15(11-27-22(16)26)37(33,34)30-19(23-28-17-6-5-14(25)8-18(17)29-23)7-12-1-3-13(4-2-12)20-10-21(32)31-38(20,35)36;3-2(4,5)1(6)7/h1-6,8-9,11,19-20,30H,7,10H2,(H,28,29)(H,31,32);(H,6,7)/t19-,20?;/m0./s1. The first kappa shape index (κ1) is 34.6. The number of imidazole rings is 1. The first-order valence-electron chi connectivity index (χ1n) is 12.3. The van der Waals surface area contributed by atoms with Crippen molar-refractivity contribution in [1.82, 2.24) is 24.4 Å². The average molecular weight is 773 g/mol. The predicted molar refractivity (Wildman–Crippen MR) is 159 cm³/mol. The molecule has 20 heteroatoms. The molecule has 1 amide bonds. The number of pyridine rings is 1. The minimum atomic E-state index is -5.08. The molecular formula is C25H19BrCl2F3N5O7S2. The van der Waals surface area contributed by atoms with Crippen LogP contribution in [-0.2, 0) is 36.1 Å². The van der Waals surface area contributed by atoms with Crippen molar-refractivity contribution in [3.8, 4) is 0 Å². The smallest absolute Gasteiger partial charge is 0.475 e. The third-order valence-electron chi connectivity index (χ3n) is 6.21. The number of carbonyl (C=O) groups is 2. The van der Waals surface area contributed by atoms with E-state index in [0.717, 1.165) is 6.20 Å². The number of carboxylic acids is 1. The number of benzene rings is 2. The van der Waals surface area contributed by atoms with Gasteiger partial charge in [0.2, 0.25) is 26.0 Å². The minimum Gasteiger partial charge on any atom is -0.475 e. The van der Waals surface area contributed by atoms with Gasteiger partial charge in [-0.15, -0.1) is 0 Å². The number of carbonyl (C=O) groups excluding carboxylic acids is 1. The largest absolute Gasteiger partial charge is 0.490 e. The van der Waals surface area contributed by atoms with Gasteiger partial charge in [0, 0.05) is 11.2 Å². The molecular weight excluding hydrogens is 754 g/mol. The fourth-order valence-corrected chi connectivity index (χ4v) is 7.49. The molecule has 1 saturated heterocycles. The molecule has 0 saturated carbocycles. The highest BCUT2D eigenvalue weighted by atomic mass is 79.9. The van der Waals surface area contributed by atoms with Crippen LogP contribution in [0.15, 0.2) is 64.1 Å². The molecule has 0 aliphatic carbocycles. The van der Waals surface area contributed by atoms with E-state index >= 15 is 0 Å². The van der Waals surface area contributed by atoms with E-state index in [1.54, 1.807) is 42.5 Å². The van der Waals surface area contributed by atoms with Gasteiger partial charge in [0.1, 0.15) is 21.1 Å². The van der Waals surface area contributed by atoms with E-state index in [1.807, 2.05) is 4.72 Å². The molecule has 1 fully saturated rings. The Morgan fingerprint density at radius 3 is 2.36 bits per heavy atom. The summed E-state index contributed by atoms with van der Waals surface area (Å²) in [6, 6.07) is 12.2. The van der Waals surface area contributed by atoms with Gasteiger partial charge in [0.25, 0.3) is 0 Å². The molecule has 1 aliphatic rings. The summed E-state index contributed by atoms with van der Waals surface area (Å²) in [5, 5.41) is 6.76. The summed E-state index contributed by atoms with van der Waals surface area (Å²) in [7, 11) is -7.85. The number of rotatable bonds is 7. The van der Waals surface area contributed by atoms with Gasteiger partial charge >= 0.3 is 12.1 Å². The Labute approximate surface area is 271 Å². The lowest BCUT2D eigenvalue weighted by Gasteiger charge is -2.18. The molecule has 1 aliphatic heterocycles. The number of amides is 1. The molecule has 45 heavy (non-hydrogen) atoms. The third kappa shape index (κ3) is 8.50. The van der Waals surface area contributed by atoms with Crippen LogP contribution >= 0.6 is 39.1 Å². The van der Waals surface area contributed by atoms with Gasteiger partial charge in [-0.1, -0.05) is 47.5 Å². The van der Waals surface area contributed by atoms with Crippen LogP contribution in [0.3, 0.4) is 0 Å². The van der Waals surface area contributed by atoms with Gasteiger partial charge < -0.3 is 10.1 Å². The second-order valence-electron chi connectivity index (χ2n) is 9.41. The lowest BCUT2D eigenvalue weighted by atomic mass is 10.0. The number of hydrogen-bond acceptors (Lipinski definition) is 8. The van der Waals surface area contributed by atoms with Crippen molar-refractivity contribution in [3.05, 3.63) is 86.3 Å². The number of fused-ring (bicyclic) bond motifs is 1. The third-order valence-corrected chi connectivity index (χ3v) is 10.7. The zero-order valence-electron chi connectivity index (χ0n) is 22.1. The van der Waals surface area contributed by atoms with Crippen molar-refractivity contribution in [2.75, 3.05) is 0 Å². The highest BCUT2D eigenvalue weighted by molar-refractivity contribution is 9.10. The zero-order valence-corrected chi connectivity index (χ0v) is 26.9. The first-order chi connectivity index (χ1) is 20.9. The molecule has 2 aromatic carbocycles. The maximum absolute atomic E-state index is 13.3. The number of aromatic amines is 1. The van der Waals surface area contributed by atoms with Gasteiger partial charge in [-0.3, -0.25) is 9.52 Å². The Balaban J connectivity index is 0.000000591. The van der Waals surface area contributed by atoms with Gasteiger partial charge in [-0.25, -0.2) is 36.3 Å². The highest BCUT2D eigenvalue weighted by Gasteiger charge is 2.39. The van der Waals surface area contributed by atoms with E-state index in [0.29, 0.717) is 37.5 Å². The van der Waals surface area contributed by atoms with Crippen molar-refractivity contribution in [3.63, 3.8) is 0 Å². The highest BCUT2D eigenvalue weighted by Crippen LogP contribution is 2.31. The van der Waals surface area contributed by atoms with Crippen LogP contribution in [0.4, 0.5) is 13.2 Å². The normalized spacial score (nSPS) is 16.9. The van der Waals surface area contributed by atoms with Crippen LogP contribution in [0.5, 0.6) is 0 Å². The van der Waals surface area contributed by atoms with Crippen LogP contribution in [-0.4, -0.2) is 54.9 Å². The lowest BCUT2D eigenvalue weighted by molar-refractivity contribution is -0.192. The number of H-pyrrole nitrogens is 1. The maximum Gasteiger partial charge on any atom is 0.490 e. The molecule has 4 N–H and O–H groups in total. The zero-order chi connectivity index (χ0) is 33.3.